The fourth-order valence-corrected chi connectivity index (χ4v) is 1.24. The van der Waals surface area contributed by atoms with Crippen LogP contribution in [0.3, 0.4) is 0 Å². The van der Waals surface area contributed by atoms with Gasteiger partial charge in [0.1, 0.15) is 0 Å². The van der Waals surface area contributed by atoms with Crippen LogP contribution in [0, 0.1) is 6.92 Å². The third kappa shape index (κ3) is 4.29. The van der Waals surface area contributed by atoms with Gasteiger partial charge < -0.3 is 5.73 Å². The summed E-state index contributed by atoms with van der Waals surface area (Å²) in [6.07, 6.45) is -5.15. The SMILES string of the molecule is Cc1cccc(C(N)CCC(F)(F)F)n1. The summed E-state index contributed by atoms with van der Waals surface area (Å²) in [6, 6.07) is 4.52. The Hall–Kier alpha value is -1.10. The molecule has 0 spiro atoms. The lowest BCUT2D eigenvalue weighted by molar-refractivity contribution is -0.136. The van der Waals surface area contributed by atoms with Gasteiger partial charge in [-0.3, -0.25) is 4.98 Å². The topological polar surface area (TPSA) is 38.9 Å². The minimum absolute atomic E-state index is 0.125. The number of aryl methyl sites for hydroxylation is 1. The van der Waals surface area contributed by atoms with Gasteiger partial charge in [-0.1, -0.05) is 6.07 Å². The molecule has 0 fully saturated rings. The zero-order valence-corrected chi connectivity index (χ0v) is 8.38. The lowest BCUT2D eigenvalue weighted by atomic mass is 10.1. The normalized spacial score (nSPS) is 13.9. The molecular formula is C10H13F3N2. The molecule has 2 N–H and O–H groups in total. The zero-order chi connectivity index (χ0) is 11.5. The summed E-state index contributed by atoms with van der Waals surface area (Å²) in [5, 5.41) is 0. The molecule has 0 aliphatic carbocycles. The lowest BCUT2D eigenvalue weighted by Crippen LogP contribution is -2.17. The van der Waals surface area contributed by atoms with E-state index < -0.39 is 18.6 Å². The first-order chi connectivity index (χ1) is 6.88. The Bertz CT molecular complexity index is 323. The van der Waals surface area contributed by atoms with Gasteiger partial charge in [-0.15, -0.1) is 0 Å². The fraction of sp³-hybridized carbons (Fsp3) is 0.500. The standard InChI is InChI=1S/C10H13F3N2/c1-7-3-2-4-9(15-7)8(14)5-6-10(11,12)13/h2-4,8H,5-6,14H2,1H3. The van der Waals surface area contributed by atoms with E-state index in [0.29, 0.717) is 5.69 Å². The Morgan fingerprint density at radius 1 is 1.40 bits per heavy atom. The van der Waals surface area contributed by atoms with Crippen molar-refractivity contribution >= 4 is 0 Å². The molecule has 15 heavy (non-hydrogen) atoms. The fourth-order valence-electron chi connectivity index (χ4n) is 1.24. The van der Waals surface area contributed by atoms with E-state index >= 15 is 0 Å². The number of aromatic nitrogens is 1. The number of halogens is 3. The molecule has 0 amide bonds. The van der Waals surface area contributed by atoms with Crippen molar-refractivity contribution in [3.63, 3.8) is 0 Å². The van der Waals surface area contributed by atoms with Crippen molar-refractivity contribution in [2.75, 3.05) is 0 Å². The predicted molar refractivity (Wildman–Crippen MR) is 51.2 cm³/mol. The molecule has 84 valence electrons. The van der Waals surface area contributed by atoms with Crippen LogP contribution in [-0.4, -0.2) is 11.2 Å². The molecule has 0 aliphatic rings. The number of hydrogen-bond acceptors (Lipinski definition) is 2. The molecule has 0 aromatic carbocycles. The van der Waals surface area contributed by atoms with Gasteiger partial charge >= 0.3 is 6.18 Å². The maximum absolute atomic E-state index is 11.9. The summed E-state index contributed by atoms with van der Waals surface area (Å²) in [7, 11) is 0. The largest absolute Gasteiger partial charge is 0.389 e. The van der Waals surface area contributed by atoms with Gasteiger partial charge in [-0.25, -0.2) is 0 Å². The van der Waals surface area contributed by atoms with Crippen molar-refractivity contribution in [3.05, 3.63) is 29.6 Å². The van der Waals surface area contributed by atoms with Crippen molar-refractivity contribution in [1.29, 1.82) is 0 Å². The lowest BCUT2D eigenvalue weighted by Gasteiger charge is -2.12. The summed E-state index contributed by atoms with van der Waals surface area (Å²) < 4.78 is 35.8. The molecule has 1 unspecified atom stereocenters. The molecule has 1 heterocycles. The monoisotopic (exact) mass is 218 g/mol. The van der Waals surface area contributed by atoms with Gasteiger partial charge in [0, 0.05) is 18.2 Å². The minimum atomic E-state index is -4.15. The highest BCUT2D eigenvalue weighted by Crippen LogP contribution is 2.25. The van der Waals surface area contributed by atoms with Crippen molar-refractivity contribution in [3.8, 4) is 0 Å². The number of rotatable bonds is 3. The Labute approximate surface area is 86.3 Å². The highest BCUT2D eigenvalue weighted by molar-refractivity contribution is 5.12. The van der Waals surface area contributed by atoms with E-state index in [1.165, 1.54) is 0 Å². The Kier molecular flexibility index (Phi) is 3.68. The van der Waals surface area contributed by atoms with Crippen LogP contribution in [-0.2, 0) is 0 Å². The van der Waals surface area contributed by atoms with Crippen LogP contribution in [0.25, 0.3) is 0 Å². The second-order valence-electron chi connectivity index (χ2n) is 3.46. The van der Waals surface area contributed by atoms with E-state index in [9.17, 15) is 13.2 Å². The van der Waals surface area contributed by atoms with E-state index in [1.54, 1.807) is 25.1 Å². The molecule has 0 radical (unpaired) electrons. The first-order valence-corrected chi connectivity index (χ1v) is 4.64. The molecule has 0 bridgehead atoms. The molecular weight excluding hydrogens is 205 g/mol. The van der Waals surface area contributed by atoms with Crippen molar-refractivity contribution in [2.24, 2.45) is 5.73 Å². The van der Waals surface area contributed by atoms with Crippen LogP contribution in [0.15, 0.2) is 18.2 Å². The summed E-state index contributed by atoms with van der Waals surface area (Å²) in [5.74, 6) is 0. The molecule has 1 rings (SSSR count). The summed E-state index contributed by atoms with van der Waals surface area (Å²) in [6.45, 7) is 1.78. The molecule has 0 saturated heterocycles. The van der Waals surface area contributed by atoms with Crippen molar-refractivity contribution < 1.29 is 13.2 Å². The second kappa shape index (κ2) is 4.61. The van der Waals surface area contributed by atoms with E-state index in [0.717, 1.165) is 5.69 Å². The van der Waals surface area contributed by atoms with Crippen LogP contribution < -0.4 is 5.73 Å². The van der Waals surface area contributed by atoms with E-state index in [4.69, 9.17) is 5.73 Å². The number of alkyl halides is 3. The first kappa shape index (κ1) is 12.0. The molecule has 1 aromatic heterocycles. The Morgan fingerprint density at radius 3 is 2.60 bits per heavy atom. The van der Waals surface area contributed by atoms with Gasteiger partial charge in [0.15, 0.2) is 0 Å². The molecule has 1 aromatic rings. The van der Waals surface area contributed by atoms with Crippen LogP contribution in [0.1, 0.15) is 30.3 Å². The molecule has 5 heteroatoms. The second-order valence-corrected chi connectivity index (χ2v) is 3.46. The number of pyridine rings is 1. The molecule has 2 nitrogen and oxygen atoms in total. The smallest absolute Gasteiger partial charge is 0.323 e. The molecule has 0 aliphatic heterocycles. The quantitative estimate of drug-likeness (QED) is 0.847. The average molecular weight is 218 g/mol. The van der Waals surface area contributed by atoms with Gasteiger partial charge in [0.25, 0.3) is 0 Å². The zero-order valence-electron chi connectivity index (χ0n) is 8.38. The van der Waals surface area contributed by atoms with Crippen LogP contribution >= 0.6 is 0 Å². The third-order valence-corrected chi connectivity index (χ3v) is 2.03. The van der Waals surface area contributed by atoms with Gasteiger partial charge in [-0.2, -0.15) is 13.2 Å². The summed E-state index contributed by atoms with van der Waals surface area (Å²) >= 11 is 0. The van der Waals surface area contributed by atoms with Gasteiger partial charge in [0.2, 0.25) is 0 Å². The predicted octanol–water partition coefficient (Wildman–Crippen LogP) is 2.73. The van der Waals surface area contributed by atoms with E-state index in [-0.39, 0.29) is 6.42 Å². The minimum Gasteiger partial charge on any atom is -0.323 e. The number of nitrogens with zero attached hydrogens (tertiary/aromatic N) is 1. The van der Waals surface area contributed by atoms with Gasteiger partial charge in [0.05, 0.1) is 5.69 Å². The summed E-state index contributed by atoms with van der Waals surface area (Å²) in [4.78, 5) is 4.08. The Morgan fingerprint density at radius 2 is 2.07 bits per heavy atom. The van der Waals surface area contributed by atoms with Crippen LogP contribution in [0.5, 0.6) is 0 Å². The molecule has 0 saturated carbocycles. The van der Waals surface area contributed by atoms with Crippen molar-refractivity contribution in [2.45, 2.75) is 32.0 Å². The number of nitrogens with two attached hydrogens (primary N) is 1. The summed E-state index contributed by atoms with van der Waals surface area (Å²) in [5.41, 5.74) is 6.88. The van der Waals surface area contributed by atoms with Crippen LogP contribution in [0.4, 0.5) is 13.2 Å². The third-order valence-electron chi connectivity index (χ3n) is 2.03. The van der Waals surface area contributed by atoms with Crippen LogP contribution in [0.2, 0.25) is 0 Å². The number of hydrogen-bond donors (Lipinski definition) is 1. The van der Waals surface area contributed by atoms with Crippen molar-refractivity contribution in [1.82, 2.24) is 4.98 Å². The average Bonchev–Trinajstić information content (AvgIpc) is 2.13. The maximum atomic E-state index is 11.9. The highest BCUT2D eigenvalue weighted by atomic mass is 19.4. The highest BCUT2D eigenvalue weighted by Gasteiger charge is 2.28. The Balaban J connectivity index is 2.58. The van der Waals surface area contributed by atoms with Gasteiger partial charge in [-0.05, 0) is 25.5 Å². The first-order valence-electron chi connectivity index (χ1n) is 4.64. The van der Waals surface area contributed by atoms with E-state index in [2.05, 4.69) is 4.98 Å². The van der Waals surface area contributed by atoms with E-state index in [1.807, 2.05) is 0 Å². The maximum Gasteiger partial charge on any atom is 0.389 e. The molecule has 1 atom stereocenters.